The van der Waals surface area contributed by atoms with E-state index in [9.17, 15) is 0 Å². The second-order valence-electron chi connectivity index (χ2n) is 4.34. The van der Waals surface area contributed by atoms with Crippen LogP contribution < -0.4 is 5.32 Å². The van der Waals surface area contributed by atoms with Crippen LogP contribution in [0.4, 0.5) is 0 Å². The highest BCUT2D eigenvalue weighted by atomic mass is 35.5. The molecule has 0 amide bonds. The molecule has 2 atom stereocenters. The van der Waals surface area contributed by atoms with Crippen molar-refractivity contribution in [1.82, 2.24) is 20.4 Å². The molecule has 1 aliphatic heterocycles. The molecule has 2 aromatic heterocycles. The number of pyridine rings is 1. The van der Waals surface area contributed by atoms with Crippen molar-refractivity contribution in [1.29, 1.82) is 0 Å². The summed E-state index contributed by atoms with van der Waals surface area (Å²) in [5, 5.41) is 7.71. The van der Waals surface area contributed by atoms with Crippen molar-refractivity contribution in [3.05, 3.63) is 29.2 Å². The van der Waals surface area contributed by atoms with E-state index in [1.54, 1.807) is 25.4 Å². The number of hydrogen-bond acceptors (Lipinski definition) is 6. The monoisotopic (exact) mass is 280 g/mol. The maximum Gasteiger partial charge on any atom is 0.244 e. The lowest BCUT2D eigenvalue weighted by molar-refractivity contribution is 0.116. The molecule has 7 heteroatoms. The van der Waals surface area contributed by atoms with Gasteiger partial charge in [-0.25, -0.2) is 0 Å². The third-order valence-electron chi connectivity index (χ3n) is 3.13. The van der Waals surface area contributed by atoms with Crippen molar-refractivity contribution in [2.45, 2.75) is 18.6 Å². The van der Waals surface area contributed by atoms with Crippen LogP contribution in [0.25, 0.3) is 11.5 Å². The van der Waals surface area contributed by atoms with Crippen LogP contribution in [0.15, 0.2) is 22.9 Å². The first-order valence-corrected chi connectivity index (χ1v) is 6.36. The quantitative estimate of drug-likeness (QED) is 0.925. The molecule has 2 unspecified atom stereocenters. The Kier molecular flexibility index (Phi) is 3.46. The topological polar surface area (TPSA) is 73.1 Å². The maximum absolute atomic E-state index is 6.05. The average molecular weight is 281 g/mol. The molecule has 1 aliphatic rings. The maximum atomic E-state index is 6.05. The van der Waals surface area contributed by atoms with Crippen molar-refractivity contribution in [3.8, 4) is 11.5 Å². The van der Waals surface area contributed by atoms with Crippen molar-refractivity contribution in [2.75, 3.05) is 13.7 Å². The minimum Gasteiger partial charge on any atom is -0.380 e. The Morgan fingerprint density at radius 3 is 3.16 bits per heavy atom. The van der Waals surface area contributed by atoms with Crippen molar-refractivity contribution in [3.63, 3.8) is 0 Å². The molecule has 1 N–H and O–H groups in total. The number of nitrogens with zero attached hydrogens (tertiary/aromatic N) is 3. The van der Waals surface area contributed by atoms with E-state index in [4.69, 9.17) is 20.9 Å². The molecule has 0 aliphatic carbocycles. The van der Waals surface area contributed by atoms with Crippen LogP contribution in [0, 0.1) is 0 Å². The van der Waals surface area contributed by atoms with Gasteiger partial charge in [0.2, 0.25) is 11.7 Å². The zero-order chi connectivity index (χ0) is 13.2. The van der Waals surface area contributed by atoms with E-state index < -0.39 is 0 Å². The van der Waals surface area contributed by atoms with Crippen LogP contribution in [0.3, 0.4) is 0 Å². The van der Waals surface area contributed by atoms with Gasteiger partial charge >= 0.3 is 0 Å². The number of aromatic nitrogens is 3. The third kappa shape index (κ3) is 2.47. The Morgan fingerprint density at radius 1 is 1.53 bits per heavy atom. The summed E-state index contributed by atoms with van der Waals surface area (Å²) >= 11 is 6.05. The Hall–Kier alpha value is -1.50. The molecule has 3 heterocycles. The van der Waals surface area contributed by atoms with E-state index in [2.05, 4.69) is 20.4 Å². The van der Waals surface area contributed by atoms with Gasteiger partial charge in [0.15, 0.2) is 0 Å². The van der Waals surface area contributed by atoms with E-state index in [-0.39, 0.29) is 12.1 Å². The van der Waals surface area contributed by atoms with Crippen molar-refractivity contribution >= 4 is 11.6 Å². The fraction of sp³-hybridized carbons (Fsp3) is 0.417. The summed E-state index contributed by atoms with van der Waals surface area (Å²) in [7, 11) is 1.70. The smallest absolute Gasteiger partial charge is 0.244 e. The summed E-state index contributed by atoms with van der Waals surface area (Å²) in [6.07, 6.45) is 2.64. The summed E-state index contributed by atoms with van der Waals surface area (Å²) in [5.41, 5.74) is 0.528. The first kappa shape index (κ1) is 12.5. The minimum absolute atomic E-state index is 0.0219. The van der Waals surface area contributed by atoms with E-state index >= 15 is 0 Å². The van der Waals surface area contributed by atoms with Gasteiger partial charge in [0.1, 0.15) is 5.69 Å². The standard InChI is InChI=1S/C12H13ClN4O2/c1-18-7-5-9(15-6-7)12-16-11(17-19-12)10-8(13)3-2-4-14-10/h2-4,7,9,15H,5-6H2,1H3. The minimum atomic E-state index is 0.0219. The fourth-order valence-electron chi connectivity index (χ4n) is 2.09. The van der Waals surface area contributed by atoms with Gasteiger partial charge in [0, 0.05) is 19.9 Å². The molecular weight excluding hydrogens is 268 g/mol. The van der Waals surface area contributed by atoms with Gasteiger partial charge in [-0.1, -0.05) is 16.8 Å². The molecule has 1 saturated heterocycles. The van der Waals surface area contributed by atoms with Crippen LogP contribution in [-0.4, -0.2) is 34.9 Å². The lowest BCUT2D eigenvalue weighted by Crippen LogP contribution is -2.16. The molecule has 6 nitrogen and oxygen atoms in total. The molecule has 100 valence electrons. The number of methoxy groups -OCH3 is 1. The van der Waals surface area contributed by atoms with Crippen LogP contribution >= 0.6 is 11.6 Å². The number of rotatable bonds is 3. The largest absolute Gasteiger partial charge is 0.380 e. The van der Waals surface area contributed by atoms with Crippen LogP contribution in [0.1, 0.15) is 18.4 Å². The molecule has 0 bridgehead atoms. The fourth-order valence-corrected chi connectivity index (χ4v) is 2.30. The average Bonchev–Trinajstić information content (AvgIpc) is 3.08. The molecule has 0 saturated carbocycles. The van der Waals surface area contributed by atoms with E-state index in [0.29, 0.717) is 22.4 Å². The van der Waals surface area contributed by atoms with E-state index in [1.807, 2.05) is 0 Å². The SMILES string of the molecule is COC1CNC(c2nc(-c3ncccc3Cl)no2)C1. The van der Waals surface area contributed by atoms with Crippen LogP contribution in [0.2, 0.25) is 5.02 Å². The summed E-state index contributed by atoms with van der Waals surface area (Å²) in [5.74, 6) is 0.944. The molecule has 1 fully saturated rings. The van der Waals surface area contributed by atoms with Gasteiger partial charge in [0.25, 0.3) is 0 Å². The lowest BCUT2D eigenvalue weighted by Gasteiger charge is -2.04. The summed E-state index contributed by atoms with van der Waals surface area (Å²) in [6, 6.07) is 3.53. The predicted molar refractivity (Wildman–Crippen MR) is 68.7 cm³/mol. The Balaban J connectivity index is 1.82. The van der Waals surface area contributed by atoms with Gasteiger partial charge in [0.05, 0.1) is 17.2 Å². The second kappa shape index (κ2) is 5.24. The predicted octanol–water partition coefficient (Wildman–Crippen LogP) is 1.83. The van der Waals surface area contributed by atoms with Gasteiger partial charge in [-0.2, -0.15) is 4.98 Å². The third-order valence-corrected chi connectivity index (χ3v) is 3.44. The molecule has 0 spiro atoms. The van der Waals surface area contributed by atoms with Crippen molar-refractivity contribution < 1.29 is 9.26 Å². The Bertz CT molecular complexity index is 574. The first-order chi connectivity index (χ1) is 9.28. The van der Waals surface area contributed by atoms with Crippen molar-refractivity contribution in [2.24, 2.45) is 0 Å². The summed E-state index contributed by atoms with van der Waals surface area (Å²) in [6.45, 7) is 0.781. The molecule has 0 aromatic carbocycles. The summed E-state index contributed by atoms with van der Waals surface area (Å²) in [4.78, 5) is 8.51. The van der Waals surface area contributed by atoms with E-state index in [0.717, 1.165) is 13.0 Å². The number of halogens is 1. The van der Waals surface area contributed by atoms with Gasteiger partial charge in [-0.05, 0) is 18.6 Å². The molecule has 19 heavy (non-hydrogen) atoms. The number of hydrogen-bond donors (Lipinski definition) is 1. The highest BCUT2D eigenvalue weighted by Crippen LogP contribution is 2.27. The number of ether oxygens (including phenoxy) is 1. The first-order valence-electron chi connectivity index (χ1n) is 5.98. The van der Waals surface area contributed by atoms with Gasteiger partial charge < -0.3 is 14.6 Å². The van der Waals surface area contributed by atoms with E-state index in [1.165, 1.54) is 0 Å². The highest BCUT2D eigenvalue weighted by molar-refractivity contribution is 6.32. The zero-order valence-corrected chi connectivity index (χ0v) is 11.1. The second-order valence-corrected chi connectivity index (χ2v) is 4.75. The Labute approximate surface area is 115 Å². The lowest BCUT2D eigenvalue weighted by atomic mass is 10.2. The molecule has 2 aromatic rings. The summed E-state index contributed by atoms with van der Waals surface area (Å²) < 4.78 is 10.6. The van der Waals surface area contributed by atoms with Crippen LogP contribution in [-0.2, 0) is 4.74 Å². The highest BCUT2D eigenvalue weighted by Gasteiger charge is 2.29. The Morgan fingerprint density at radius 2 is 2.42 bits per heavy atom. The van der Waals surface area contributed by atoms with Gasteiger partial charge in [-0.3, -0.25) is 4.98 Å². The van der Waals surface area contributed by atoms with Crippen LogP contribution in [0.5, 0.6) is 0 Å². The molecule has 0 radical (unpaired) electrons. The normalized spacial score (nSPS) is 22.8. The molecule has 3 rings (SSSR count). The van der Waals surface area contributed by atoms with Gasteiger partial charge in [-0.15, -0.1) is 0 Å². The molecular formula is C12H13ClN4O2. The zero-order valence-electron chi connectivity index (χ0n) is 10.3. The number of nitrogens with one attached hydrogen (secondary N) is 1.